The smallest absolute Gasteiger partial charge is 0.277 e. The lowest BCUT2D eigenvalue weighted by Gasteiger charge is -2.04. The molecule has 5 nitrogen and oxygen atoms in total. The molecule has 0 saturated carbocycles. The van der Waals surface area contributed by atoms with Gasteiger partial charge in [0, 0.05) is 6.07 Å². The topological polar surface area (TPSA) is 76.2 Å². The molecule has 5 heteroatoms. The average Bonchev–Trinajstić information content (AvgIpc) is 2.18. The molecule has 1 aromatic rings. The van der Waals surface area contributed by atoms with Gasteiger partial charge in [0.1, 0.15) is 5.75 Å². The van der Waals surface area contributed by atoms with Gasteiger partial charge in [-0.1, -0.05) is 6.07 Å². The number of hydrogen-bond acceptors (Lipinski definition) is 4. The highest BCUT2D eigenvalue weighted by molar-refractivity contribution is 5.50. The van der Waals surface area contributed by atoms with Crippen LogP contribution in [-0.2, 0) is 6.42 Å². The number of nitrogens with zero attached hydrogens (tertiary/aromatic N) is 2. The SMILES string of the molecule is [2H]C([2H])([2H])Oc1cccc([N+](=O)[O-])c1CC#N. The average molecular weight is 195 g/mol. The first kappa shape index (κ1) is 6.38. The summed E-state index contributed by atoms with van der Waals surface area (Å²) in [5.41, 5.74) is -0.357. The second-order valence-corrected chi connectivity index (χ2v) is 2.45. The fourth-order valence-electron chi connectivity index (χ4n) is 1.08. The first-order valence-electron chi connectivity index (χ1n) is 5.17. The van der Waals surface area contributed by atoms with E-state index in [1.807, 2.05) is 0 Å². The number of rotatable bonds is 3. The van der Waals surface area contributed by atoms with E-state index in [0.29, 0.717) is 0 Å². The summed E-state index contributed by atoms with van der Waals surface area (Å²) in [6.07, 6.45) is -0.289. The Morgan fingerprint density at radius 2 is 2.57 bits per heavy atom. The molecule has 0 fully saturated rings. The normalized spacial score (nSPS) is 13.2. The Morgan fingerprint density at radius 3 is 3.14 bits per heavy atom. The third-order valence-electron chi connectivity index (χ3n) is 1.67. The summed E-state index contributed by atoms with van der Waals surface area (Å²) in [7, 11) is -2.71. The van der Waals surface area contributed by atoms with Crippen molar-refractivity contribution < 1.29 is 13.8 Å². The summed E-state index contributed by atoms with van der Waals surface area (Å²) in [5.74, 6) is -0.166. The highest BCUT2D eigenvalue weighted by Gasteiger charge is 2.17. The van der Waals surface area contributed by atoms with Crippen LogP contribution in [0.15, 0.2) is 18.2 Å². The zero-order valence-corrected chi connectivity index (χ0v) is 7.06. The molecule has 14 heavy (non-hydrogen) atoms. The first-order chi connectivity index (χ1) is 7.85. The highest BCUT2D eigenvalue weighted by Crippen LogP contribution is 2.28. The van der Waals surface area contributed by atoms with E-state index in [4.69, 9.17) is 9.37 Å². The van der Waals surface area contributed by atoms with Crippen molar-refractivity contribution in [3.05, 3.63) is 33.9 Å². The van der Waals surface area contributed by atoms with Crippen molar-refractivity contribution in [2.24, 2.45) is 0 Å². The highest BCUT2D eigenvalue weighted by atomic mass is 16.6. The molecule has 0 aliphatic heterocycles. The lowest BCUT2D eigenvalue weighted by Crippen LogP contribution is -1.98. The summed E-state index contributed by atoms with van der Waals surface area (Å²) >= 11 is 0. The summed E-state index contributed by atoms with van der Waals surface area (Å²) in [6, 6.07) is 5.52. The van der Waals surface area contributed by atoms with E-state index in [0.717, 1.165) is 0 Å². The number of nitro benzene ring substituents is 1. The molecule has 1 rings (SSSR count). The molecule has 72 valence electrons. The van der Waals surface area contributed by atoms with Crippen LogP contribution in [-0.4, -0.2) is 12.0 Å². The summed E-state index contributed by atoms with van der Waals surface area (Å²) in [4.78, 5) is 10.0. The second kappa shape index (κ2) is 4.23. The predicted octanol–water partition coefficient (Wildman–Crippen LogP) is 1.67. The molecule has 0 N–H and O–H groups in total. The maximum atomic E-state index is 10.7. The third kappa shape index (κ3) is 1.80. The van der Waals surface area contributed by atoms with Crippen LogP contribution in [0.1, 0.15) is 9.68 Å². The zero-order chi connectivity index (χ0) is 13.1. The van der Waals surface area contributed by atoms with Crippen molar-refractivity contribution in [2.75, 3.05) is 7.04 Å². The van der Waals surface area contributed by atoms with Gasteiger partial charge in [-0.25, -0.2) is 0 Å². The van der Waals surface area contributed by atoms with Crippen molar-refractivity contribution in [3.63, 3.8) is 0 Å². The number of ether oxygens (including phenoxy) is 1. The van der Waals surface area contributed by atoms with Gasteiger partial charge < -0.3 is 4.74 Å². The molecule has 0 amide bonds. The minimum Gasteiger partial charge on any atom is -0.496 e. The van der Waals surface area contributed by atoms with Gasteiger partial charge in [0.15, 0.2) is 0 Å². The fourth-order valence-corrected chi connectivity index (χ4v) is 1.08. The fraction of sp³-hybridized carbons (Fsp3) is 0.222. The van der Waals surface area contributed by atoms with Gasteiger partial charge in [-0.2, -0.15) is 5.26 Å². The quantitative estimate of drug-likeness (QED) is 0.543. The number of nitriles is 1. The van der Waals surface area contributed by atoms with Crippen molar-refractivity contribution in [3.8, 4) is 11.8 Å². The molecule has 0 aliphatic rings. The minimum absolute atomic E-state index is 0.0314. The molecule has 0 spiro atoms. The van der Waals surface area contributed by atoms with Gasteiger partial charge in [0.25, 0.3) is 5.69 Å². The number of methoxy groups -OCH3 is 1. The van der Waals surface area contributed by atoms with E-state index in [1.54, 1.807) is 6.07 Å². The molecule has 0 saturated heterocycles. The molecule has 0 aromatic heterocycles. The van der Waals surface area contributed by atoms with Crippen LogP contribution in [0.5, 0.6) is 5.75 Å². The summed E-state index contributed by atoms with van der Waals surface area (Å²) < 4.78 is 25.4. The summed E-state index contributed by atoms with van der Waals surface area (Å²) in [5, 5.41) is 19.3. The third-order valence-corrected chi connectivity index (χ3v) is 1.67. The van der Waals surface area contributed by atoms with Gasteiger partial charge in [-0.3, -0.25) is 10.1 Å². The molecular weight excluding hydrogens is 184 g/mol. The second-order valence-electron chi connectivity index (χ2n) is 2.45. The largest absolute Gasteiger partial charge is 0.496 e. The lowest BCUT2D eigenvalue weighted by molar-refractivity contribution is -0.385. The standard InChI is InChI=1S/C9H8N2O3/c1-14-9-4-2-3-8(11(12)13)7(9)5-6-10/h2-4H,5H2,1H3/i1D3. The lowest BCUT2D eigenvalue weighted by atomic mass is 10.1. The van der Waals surface area contributed by atoms with E-state index in [1.165, 1.54) is 18.2 Å². The van der Waals surface area contributed by atoms with Crippen molar-refractivity contribution in [2.45, 2.75) is 6.42 Å². The van der Waals surface area contributed by atoms with Gasteiger partial charge in [-0.05, 0) is 6.07 Å². The number of hydrogen-bond donors (Lipinski definition) is 0. The van der Waals surface area contributed by atoms with E-state index < -0.39 is 12.0 Å². The van der Waals surface area contributed by atoms with Crippen molar-refractivity contribution in [1.82, 2.24) is 0 Å². The maximum absolute atomic E-state index is 10.7. The number of benzene rings is 1. The van der Waals surface area contributed by atoms with E-state index in [9.17, 15) is 10.1 Å². The van der Waals surface area contributed by atoms with Crippen LogP contribution < -0.4 is 4.74 Å². The Labute approximate surface area is 84.9 Å². The van der Waals surface area contributed by atoms with E-state index in [-0.39, 0.29) is 23.4 Å². The van der Waals surface area contributed by atoms with Gasteiger partial charge in [-0.15, -0.1) is 0 Å². The van der Waals surface area contributed by atoms with Crippen LogP contribution in [0.3, 0.4) is 0 Å². The van der Waals surface area contributed by atoms with Gasteiger partial charge >= 0.3 is 0 Å². The predicted molar refractivity (Wildman–Crippen MR) is 49.0 cm³/mol. The Morgan fingerprint density at radius 1 is 1.79 bits per heavy atom. The van der Waals surface area contributed by atoms with Crippen LogP contribution in [0.2, 0.25) is 0 Å². The van der Waals surface area contributed by atoms with Crippen molar-refractivity contribution >= 4 is 5.69 Å². The van der Waals surface area contributed by atoms with Crippen LogP contribution in [0, 0.1) is 21.4 Å². The maximum Gasteiger partial charge on any atom is 0.277 e. The van der Waals surface area contributed by atoms with Gasteiger partial charge in [0.05, 0.1) is 34.1 Å². The molecule has 0 heterocycles. The van der Waals surface area contributed by atoms with Crippen LogP contribution in [0.4, 0.5) is 5.69 Å². The zero-order valence-electron chi connectivity index (χ0n) is 10.1. The van der Waals surface area contributed by atoms with E-state index in [2.05, 4.69) is 4.74 Å². The number of nitro groups is 1. The molecular formula is C9H8N2O3. The van der Waals surface area contributed by atoms with E-state index >= 15 is 0 Å². The monoisotopic (exact) mass is 195 g/mol. The first-order valence-corrected chi connectivity index (χ1v) is 3.67. The van der Waals surface area contributed by atoms with Gasteiger partial charge in [0.2, 0.25) is 0 Å². The molecule has 0 aliphatic carbocycles. The molecule has 1 aromatic carbocycles. The Hall–Kier alpha value is -2.09. The van der Waals surface area contributed by atoms with Crippen molar-refractivity contribution in [1.29, 1.82) is 5.26 Å². The molecule has 0 unspecified atom stereocenters. The molecule has 0 bridgehead atoms. The van der Waals surface area contributed by atoms with Crippen LogP contribution in [0.25, 0.3) is 0 Å². The Kier molecular flexibility index (Phi) is 1.93. The Bertz CT molecular complexity index is 479. The minimum atomic E-state index is -2.71. The Balaban J connectivity index is 3.26. The molecule has 0 radical (unpaired) electrons. The summed E-state index contributed by atoms with van der Waals surface area (Å²) in [6.45, 7) is 0. The van der Waals surface area contributed by atoms with Crippen LogP contribution >= 0.6 is 0 Å². The molecule has 0 atom stereocenters.